The third-order valence-electron chi connectivity index (χ3n) is 2.46. The van der Waals surface area contributed by atoms with E-state index in [0.29, 0.717) is 19.5 Å². The number of hydrogen-bond donors (Lipinski definition) is 4. The maximum absolute atomic E-state index is 11.7. The van der Waals surface area contributed by atoms with Crippen LogP contribution >= 0.6 is 0 Å². The summed E-state index contributed by atoms with van der Waals surface area (Å²) in [5.74, 6) is -0.0791. The molecule has 1 fully saturated rings. The van der Waals surface area contributed by atoms with E-state index in [4.69, 9.17) is 0 Å². The number of amides is 2. The van der Waals surface area contributed by atoms with Crippen LogP contribution in [0.5, 0.6) is 0 Å². The van der Waals surface area contributed by atoms with Gasteiger partial charge in [0.15, 0.2) is 0 Å². The molecule has 1 heterocycles. The van der Waals surface area contributed by atoms with E-state index in [1.165, 1.54) is 0 Å². The number of hydrogen-bond acceptors (Lipinski definition) is 4. The number of piperazine rings is 1. The first kappa shape index (κ1) is 13.9. The second-order valence-corrected chi connectivity index (χ2v) is 4.47. The molecule has 1 aliphatic rings. The van der Waals surface area contributed by atoms with Crippen molar-refractivity contribution in [2.75, 3.05) is 26.2 Å². The van der Waals surface area contributed by atoms with Crippen molar-refractivity contribution in [3.05, 3.63) is 0 Å². The lowest BCUT2D eigenvalue weighted by Gasteiger charge is -2.23. The van der Waals surface area contributed by atoms with E-state index in [1.807, 2.05) is 13.8 Å². The molecule has 1 rings (SSSR count). The molecule has 0 aliphatic carbocycles. The molecule has 1 aliphatic heterocycles. The third-order valence-corrected chi connectivity index (χ3v) is 2.46. The molecule has 17 heavy (non-hydrogen) atoms. The van der Waals surface area contributed by atoms with Crippen LogP contribution in [-0.2, 0) is 9.59 Å². The van der Waals surface area contributed by atoms with Gasteiger partial charge in [0.2, 0.25) is 11.8 Å². The largest absolute Gasteiger partial charge is 0.354 e. The molecule has 4 N–H and O–H groups in total. The standard InChI is InChI=1S/C11H22N4O2/c1-8(2)15-10(16)3-4-14-11(17)9-7-12-5-6-13-9/h8-9,12-13H,3-7H2,1-2H3,(H,14,17)(H,15,16). The molecule has 0 aromatic carbocycles. The lowest BCUT2D eigenvalue weighted by atomic mass is 10.2. The van der Waals surface area contributed by atoms with Gasteiger partial charge in [-0.3, -0.25) is 9.59 Å². The summed E-state index contributed by atoms with van der Waals surface area (Å²) in [7, 11) is 0. The molecule has 6 heteroatoms. The highest BCUT2D eigenvalue weighted by atomic mass is 16.2. The second-order valence-electron chi connectivity index (χ2n) is 4.47. The molecule has 1 unspecified atom stereocenters. The summed E-state index contributed by atoms with van der Waals surface area (Å²) in [5, 5.41) is 11.8. The molecule has 0 radical (unpaired) electrons. The number of nitrogens with one attached hydrogen (secondary N) is 4. The van der Waals surface area contributed by atoms with Crippen molar-refractivity contribution in [2.24, 2.45) is 0 Å². The molecule has 0 bridgehead atoms. The van der Waals surface area contributed by atoms with Crippen molar-refractivity contribution in [1.82, 2.24) is 21.3 Å². The van der Waals surface area contributed by atoms with E-state index in [1.54, 1.807) is 0 Å². The molecular formula is C11H22N4O2. The van der Waals surface area contributed by atoms with Gasteiger partial charge in [-0.2, -0.15) is 0 Å². The summed E-state index contributed by atoms with van der Waals surface area (Å²) in [5.41, 5.74) is 0. The van der Waals surface area contributed by atoms with Crippen LogP contribution in [0.4, 0.5) is 0 Å². The fourth-order valence-corrected chi connectivity index (χ4v) is 1.66. The Morgan fingerprint density at radius 2 is 2.12 bits per heavy atom. The molecule has 2 amide bonds. The first-order valence-corrected chi connectivity index (χ1v) is 6.10. The topological polar surface area (TPSA) is 82.3 Å². The fourth-order valence-electron chi connectivity index (χ4n) is 1.66. The second kappa shape index (κ2) is 7.24. The van der Waals surface area contributed by atoms with E-state index in [9.17, 15) is 9.59 Å². The van der Waals surface area contributed by atoms with Crippen LogP contribution in [-0.4, -0.2) is 50.1 Å². The Morgan fingerprint density at radius 1 is 1.35 bits per heavy atom. The van der Waals surface area contributed by atoms with Crippen molar-refractivity contribution >= 4 is 11.8 Å². The van der Waals surface area contributed by atoms with Gasteiger partial charge in [-0.15, -0.1) is 0 Å². The molecular weight excluding hydrogens is 220 g/mol. The highest BCUT2D eigenvalue weighted by molar-refractivity contribution is 5.83. The first-order valence-electron chi connectivity index (χ1n) is 6.10. The van der Waals surface area contributed by atoms with Crippen LogP contribution in [0, 0.1) is 0 Å². The maximum Gasteiger partial charge on any atom is 0.238 e. The van der Waals surface area contributed by atoms with Gasteiger partial charge in [-0.05, 0) is 13.8 Å². The number of carbonyl (C=O) groups is 2. The Kier molecular flexibility index (Phi) is 5.93. The Labute approximate surface area is 102 Å². The van der Waals surface area contributed by atoms with Gasteiger partial charge in [-0.25, -0.2) is 0 Å². The van der Waals surface area contributed by atoms with Crippen molar-refractivity contribution in [3.8, 4) is 0 Å². The summed E-state index contributed by atoms with van der Waals surface area (Å²) in [6.45, 7) is 6.54. The normalized spacial score (nSPS) is 20.1. The van der Waals surface area contributed by atoms with Gasteiger partial charge in [0, 0.05) is 38.6 Å². The van der Waals surface area contributed by atoms with Crippen molar-refractivity contribution in [2.45, 2.75) is 32.4 Å². The van der Waals surface area contributed by atoms with E-state index in [2.05, 4.69) is 21.3 Å². The monoisotopic (exact) mass is 242 g/mol. The minimum Gasteiger partial charge on any atom is -0.354 e. The van der Waals surface area contributed by atoms with Crippen molar-refractivity contribution < 1.29 is 9.59 Å². The van der Waals surface area contributed by atoms with Gasteiger partial charge in [0.25, 0.3) is 0 Å². The van der Waals surface area contributed by atoms with E-state index >= 15 is 0 Å². The molecule has 0 saturated carbocycles. The smallest absolute Gasteiger partial charge is 0.238 e. The minimum atomic E-state index is -0.183. The van der Waals surface area contributed by atoms with Crippen LogP contribution in [0.2, 0.25) is 0 Å². The lowest BCUT2D eigenvalue weighted by Crippen LogP contribution is -2.55. The molecule has 0 aromatic heterocycles. The van der Waals surface area contributed by atoms with Gasteiger partial charge < -0.3 is 21.3 Å². The Morgan fingerprint density at radius 3 is 2.71 bits per heavy atom. The molecule has 98 valence electrons. The van der Waals surface area contributed by atoms with Gasteiger partial charge in [0.05, 0.1) is 6.04 Å². The summed E-state index contributed by atoms with van der Waals surface area (Å²) in [6.07, 6.45) is 0.323. The predicted octanol–water partition coefficient (Wildman–Crippen LogP) is -1.42. The Balaban J connectivity index is 2.13. The SMILES string of the molecule is CC(C)NC(=O)CCNC(=O)C1CNCCN1. The van der Waals surface area contributed by atoms with Crippen LogP contribution in [0.25, 0.3) is 0 Å². The van der Waals surface area contributed by atoms with Gasteiger partial charge in [-0.1, -0.05) is 0 Å². The zero-order chi connectivity index (χ0) is 12.7. The maximum atomic E-state index is 11.7. The lowest BCUT2D eigenvalue weighted by molar-refractivity contribution is -0.124. The zero-order valence-electron chi connectivity index (χ0n) is 10.5. The zero-order valence-corrected chi connectivity index (χ0v) is 10.5. The van der Waals surface area contributed by atoms with Crippen LogP contribution in [0.3, 0.4) is 0 Å². The van der Waals surface area contributed by atoms with Crippen LogP contribution in [0.1, 0.15) is 20.3 Å². The average molecular weight is 242 g/mol. The number of carbonyl (C=O) groups excluding carboxylic acids is 2. The predicted molar refractivity (Wildman–Crippen MR) is 65.6 cm³/mol. The summed E-state index contributed by atoms with van der Waals surface area (Å²) < 4.78 is 0. The summed E-state index contributed by atoms with van der Waals surface area (Å²) in [4.78, 5) is 23.0. The van der Waals surface area contributed by atoms with Gasteiger partial charge >= 0.3 is 0 Å². The summed E-state index contributed by atoms with van der Waals surface area (Å²) in [6, 6.07) is -0.0423. The summed E-state index contributed by atoms with van der Waals surface area (Å²) >= 11 is 0. The Hall–Kier alpha value is -1.14. The highest BCUT2D eigenvalue weighted by Gasteiger charge is 2.19. The minimum absolute atomic E-state index is 0.0324. The van der Waals surface area contributed by atoms with E-state index < -0.39 is 0 Å². The van der Waals surface area contributed by atoms with Crippen molar-refractivity contribution in [1.29, 1.82) is 0 Å². The van der Waals surface area contributed by atoms with Crippen molar-refractivity contribution in [3.63, 3.8) is 0 Å². The number of rotatable bonds is 5. The first-order chi connectivity index (χ1) is 8.09. The van der Waals surface area contributed by atoms with Crippen LogP contribution < -0.4 is 21.3 Å². The highest BCUT2D eigenvalue weighted by Crippen LogP contribution is 1.88. The van der Waals surface area contributed by atoms with E-state index in [-0.39, 0.29) is 23.9 Å². The molecule has 0 aromatic rings. The average Bonchev–Trinajstić information content (AvgIpc) is 2.29. The van der Waals surface area contributed by atoms with Gasteiger partial charge in [0.1, 0.15) is 0 Å². The van der Waals surface area contributed by atoms with Crippen LogP contribution in [0.15, 0.2) is 0 Å². The quantitative estimate of drug-likeness (QED) is 0.477. The molecule has 6 nitrogen and oxygen atoms in total. The molecule has 1 atom stereocenters. The Bertz CT molecular complexity index is 262. The molecule has 0 spiro atoms. The molecule has 1 saturated heterocycles. The third kappa shape index (κ3) is 5.65. The fraction of sp³-hybridized carbons (Fsp3) is 0.818. The van der Waals surface area contributed by atoms with E-state index in [0.717, 1.165) is 13.1 Å².